The van der Waals surface area contributed by atoms with E-state index in [9.17, 15) is 22.0 Å². The van der Waals surface area contributed by atoms with Crippen molar-refractivity contribution >= 4 is 27.1 Å². The van der Waals surface area contributed by atoms with E-state index in [1.54, 1.807) is 30.3 Å². The molecule has 0 spiro atoms. The Labute approximate surface area is 113 Å². The zero-order valence-corrected chi connectivity index (χ0v) is 11.3. The predicted octanol–water partition coefficient (Wildman–Crippen LogP) is -0.562. The smallest absolute Gasteiger partial charge is 0.322 e. The van der Waals surface area contributed by atoms with Gasteiger partial charge >= 0.3 is 5.97 Å². The average molecular weight is 306 g/mol. The van der Waals surface area contributed by atoms with Crippen molar-refractivity contribution in [2.75, 3.05) is 5.75 Å². The van der Waals surface area contributed by atoms with Crippen molar-refractivity contribution in [3.8, 4) is 0 Å². The van der Waals surface area contributed by atoms with Gasteiger partial charge in [0.25, 0.3) is 0 Å². The number of carboxylic acid groups (broad SMARTS) is 1. The summed E-state index contributed by atoms with van der Waals surface area (Å²) in [5.74, 6) is -2.77. The maximum absolute atomic E-state index is 11.7. The van der Waals surface area contributed by atoms with Crippen molar-refractivity contribution in [2.45, 2.75) is 11.8 Å². The first-order valence-electron chi connectivity index (χ1n) is 5.13. The summed E-state index contributed by atoms with van der Waals surface area (Å²) in [6.07, 6.45) is 0. The number of hydrogen-bond acceptors (Lipinski definition) is 5. The molecule has 7 nitrogen and oxygen atoms in total. The fraction of sp³-hybridized carbons (Fsp3) is 0.300. The second-order valence-electron chi connectivity index (χ2n) is 3.72. The summed E-state index contributed by atoms with van der Waals surface area (Å²) in [4.78, 5) is 10.8. The number of benzene rings is 1. The largest absolute Gasteiger partial charge is 0.772 e. The lowest BCUT2D eigenvalue weighted by atomic mass is 10.2. The van der Waals surface area contributed by atoms with E-state index in [2.05, 4.69) is 0 Å². The third-order valence-electron chi connectivity index (χ3n) is 2.12. The fourth-order valence-corrected chi connectivity index (χ4v) is 3.28. The van der Waals surface area contributed by atoms with Gasteiger partial charge in [-0.15, -0.1) is 0 Å². The number of carbonyl (C=O) groups is 1. The van der Waals surface area contributed by atoms with Crippen LogP contribution in [0.5, 0.6) is 0 Å². The highest BCUT2D eigenvalue weighted by Crippen LogP contribution is 2.05. The molecule has 1 aromatic rings. The minimum absolute atomic E-state index is 0.414. The van der Waals surface area contributed by atoms with E-state index in [-0.39, 0.29) is 0 Å². The third kappa shape index (κ3) is 5.92. The molecule has 0 amide bonds. The van der Waals surface area contributed by atoms with Gasteiger partial charge in [0.1, 0.15) is 6.04 Å². The van der Waals surface area contributed by atoms with Gasteiger partial charge in [-0.05, 0) is 5.56 Å². The Morgan fingerprint density at radius 3 is 2.42 bits per heavy atom. The second kappa shape index (κ2) is 6.75. The van der Waals surface area contributed by atoms with Crippen LogP contribution >= 0.6 is 0 Å². The maximum Gasteiger partial charge on any atom is 0.322 e. The predicted molar refractivity (Wildman–Crippen MR) is 67.4 cm³/mol. The van der Waals surface area contributed by atoms with Crippen LogP contribution in [0.2, 0.25) is 0 Å². The summed E-state index contributed by atoms with van der Waals surface area (Å²) in [5, 5.41) is 8.75. The number of sulfonamides is 1. The Morgan fingerprint density at radius 2 is 1.95 bits per heavy atom. The fourth-order valence-electron chi connectivity index (χ4n) is 1.34. The van der Waals surface area contributed by atoms with Crippen LogP contribution in [0.25, 0.3) is 0 Å². The van der Waals surface area contributed by atoms with E-state index < -0.39 is 44.6 Å². The second-order valence-corrected chi connectivity index (χ2v) is 6.42. The summed E-state index contributed by atoms with van der Waals surface area (Å²) in [7, 11) is -3.93. The molecule has 0 saturated heterocycles. The number of carboxylic acids is 1. The van der Waals surface area contributed by atoms with Gasteiger partial charge in [0.2, 0.25) is 10.0 Å². The lowest BCUT2D eigenvalue weighted by Gasteiger charge is -2.16. The molecule has 106 valence electrons. The minimum Gasteiger partial charge on any atom is -0.772 e. The van der Waals surface area contributed by atoms with Crippen LogP contribution in [0.1, 0.15) is 5.56 Å². The molecular formula is C10H12NO6S2-. The lowest BCUT2D eigenvalue weighted by molar-refractivity contribution is -0.138. The van der Waals surface area contributed by atoms with Crippen molar-refractivity contribution in [2.24, 2.45) is 0 Å². The molecule has 0 fully saturated rings. The van der Waals surface area contributed by atoms with Gasteiger partial charge < -0.3 is 9.66 Å². The van der Waals surface area contributed by atoms with E-state index in [0.717, 1.165) is 0 Å². The van der Waals surface area contributed by atoms with E-state index in [0.29, 0.717) is 5.56 Å². The van der Waals surface area contributed by atoms with E-state index in [1.165, 1.54) is 0 Å². The highest BCUT2D eigenvalue weighted by atomic mass is 32.2. The Kier molecular flexibility index (Phi) is 5.60. The molecule has 0 heterocycles. The van der Waals surface area contributed by atoms with Gasteiger partial charge in [0, 0.05) is 5.75 Å². The molecule has 0 aliphatic carbocycles. The van der Waals surface area contributed by atoms with Crippen molar-refractivity contribution in [1.82, 2.24) is 4.72 Å². The summed E-state index contributed by atoms with van der Waals surface area (Å²) >= 11 is -2.66. The van der Waals surface area contributed by atoms with Crippen LogP contribution in [0.15, 0.2) is 30.3 Å². The third-order valence-corrected chi connectivity index (χ3v) is 4.08. The summed E-state index contributed by atoms with van der Waals surface area (Å²) in [5.41, 5.74) is 0.474. The SMILES string of the molecule is O=C(O)[C@H](CS(=O)[O-])NS(=O)(=O)Cc1ccccc1. The number of nitrogens with one attached hydrogen (secondary N) is 1. The molecule has 2 atom stereocenters. The first-order chi connectivity index (χ1) is 8.80. The van der Waals surface area contributed by atoms with Crippen molar-refractivity contribution in [1.29, 1.82) is 0 Å². The van der Waals surface area contributed by atoms with E-state index in [4.69, 9.17) is 5.11 Å². The van der Waals surface area contributed by atoms with Crippen molar-refractivity contribution in [3.63, 3.8) is 0 Å². The molecule has 0 aliphatic heterocycles. The summed E-state index contributed by atoms with van der Waals surface area (Å²) in [6, 6.07) is 6.46. The van der Waals surface area contributed by atoms with Gasteiger partial charge in [0.05, 0.1) is 5.75 Å². The normalized spacial score (nSPS) is 14.8. The summed E-state index contributed by atoms with van der Waals surface area (Å²) < 4.78 is 46.2. The first-order valence-corrected chi connectivity index (χ1v) is 8.02. The number of hydrogen-bond donors (Lipinski definition) is 2. The van der Waals surface area contributed by atoms with Gasteiger partial charge in [-0.2, -0.15) is 4.72 Å². The topological polar surface area (TPSA) is 124 Å². The van der Waals surface area contributed by atoms with Gasteiger partial charge in [-0.25, -0.2) is 8.42 Å². The molecule has 9 heteroatoms. The number of rotatable bonds is 7. The van der Waals surface area contributed by atoms with Crippen molar-refractivity contribution < 1.29 is 27.1 Å². The van der Waals surface area contributed by atoms with Crippen LogP contribution in [0, 0.1) is 0 Å². The monoisotopic (exact) mass is 306 g/mol. The van der Waals surface area contributed by atoms with Gasteiger partial charge in [-0.3, -0.25) is 9.00 Å². The van der Waals surface area contributed by atoms with Gasteiger partial charge in [0.15, 0.2) is 0 Å². The van der Waals surface area contributed by atoms with Crippen LogP contribution in [-0.4, -0.2) is 40.0 Å². The average Bonchev–Trinajstić information content (AvgIpc) is 2.27. The van der Waals surface area contributed by atoms with E-state index in [1.807, 2.05) is 4.72 Å². The quantitative estimate of drug-likeness (QED) is 0.651. The molecule has 0 saturated carbocycles. The minimum atomic E-state index is -3.93. The first kappa shape index (κ1) is 15.8. The van der Waals surface area contributed by atoms with Crippen LogP contribution in [0.4, 0.5) is 0 Å². The Balaban J connectivity index is 2.77. The lowest BCUT2D eigenvalue weighted by Crippen LogP contribution is -2.44. The zero-order chi connectivity index (χ0) is 14.5. The Bertz CT molecular complexity index is 557. The molecule has 1 rings (SSSR count). The van der Waals surface area contributed by atoms with Crippen LogP contribution in [0.3, 0.4) is 0 Å². The molecule has 2 N–H and O–H groups in total. The molecule has 0 radical (unpaired) electrons. The van der Waals surface area contributed by atoms with Crippen LogP contribution in [-0.2, 0) is 31.7 Å². The molecular weight excluding hydrogens is 294 g/mol. The molecule has 1 aromatic carbocycles. The van der Waals surface area contributed by atoms with Crippen molar-refractivity contribution in [3.05, 3.63) is 35.9 Å². The highest BCUT2D eigenvalue weighted by molar-refractivity contribution is 7.88. The molecule has 19 heavy (non-hydrogen) atoms. The molecule has 0 aromatic heterocycles. The molecule has 1 unspecified atom stereocenters. The maximum atomic E-state index is 11.7. The highest BCUT2D eigenvalue weighted by Gasteiger charge is 2.24. The molecule has 0 bridgehead atoms. The molecule has 0 aliphatic rings. The standard InChI is InChI=1S/C10H13NO6S2/c12-10(13)9(6-18(14)15)11-19(16,17)7-8-4-2-1-3-5-8/h1-5,9,11H,6-7H2,(H,12,13)(H,14,15)/p-1/t9-/m0/s1. The van der Waals surface area contributed by atoms with Crippen LogP contribution < -0.4 is 4.72 Å². The Hall–Kier alpha value is -1.29. The summed E-state index contributed by atoms with van der Waals surface area (Å²) in [6.45, 7) is 0. The Morgan fingerprint density at radius 1 is 1.37 bits per heavy atom. The zero-order valence-electron chi connectivity index (χ0n) is 9.68. The van der Waals surface area contributed by atoms with Gasteiger partial charge in [-0.1, -0.05) is 41.4 Å². The van der Waals surface area contributed by atoms with E-state index >= 15 is 0 Å². The number of aliphatic carboxylic acids is 1.